The number of nitriles is 1. The Morgan fingerprint density at radius 1 is 1.56 bits per heavy atom. The van der Waals surface area contributed by atoms with Crippen molar-refractivity contribution in [3.63, 3.8) is 0 Å². The SMILES string of the molecule is N#CCC=Cc1c(C(F)(F)F)nc[nH]c1=O. The van der Waals surface area contributed by atoms with Crippen molar-refractivity contribution < 1.29 is 13.2 Å². The summed E-state index contributed by atoms with van der Waals surface area (Å²) < 4.78 is 37.3. The van der Waals surface area contributed by atoms with Gasteiger partial charge in [-0.1, -0.05) is 12.2 Å². The molecule has 0 saturated heterocycles. The van der Waals surface area contributed by atoms with Crippen molar-refractivity contribution in [1.29, 1.82) is 5.26 Å². The van der Waals surface area contributed by atoms with E-state index in [1.165, 1.54) is 6.08 Å². The van der Waals surface area contributed by atoms with E-state index in [0.717, 1.165) is 6.08 Å². The highest BCUT2D eigenvalue weighted by Gasteiger charge is 2.35. The minimum Gasteiger partial charge on any atom is -0.313 e. The van der Waals surface area contributed by atoms with Gasteiger partial charge in [-0.25, -0.2) is 4.98 Å². The molecule has 7 heteroatoms. The van der Waals surface area contributed by atoms with Crippen molar-refractivity contribution in [3.05, 3.63) is 34.0 Å². The molecule has 0 atom stereocenters. The minimum absolute atomic E-state index is 0.0777. The lowest BCUT2D eigenvalue weighted by Gasteiger charge is -2.07. The maximum atomic E-state index is 12.4. The molecule has 0 aromatic carbocycles. The topological polar surface area (TPSA) is 69.5 Å². The number of allylic oxidation sites excluding steroid dienone is 1. The molecule has 0 spiro atoms. The maximum Gasteiger partial charge on any atom is 0.434 e. The van der Waals surface area contributed by atoms with Crippen LogP contribution in [0.3, 0.4) is 0 Å². The van der Waals surface area contributed by atoms with Gasteiger partial charge in [0.25, 0.3) is 5.56 Å². The summed E-state index contributed by atoms with van der Waals surface area (Å²) in [6, 6.07) is 1.71. The number of nitrogens with zero attached hydrogens (tertiary/aromatic N) is 2. The zero-order valence-electron chi connectivity index (χ0n) is 7.88. The summed E-state index contributed by atoms with van der Waals surface area (Å²) >= 11 is 0. The Kier molecular flexibility index (Phi) is 3.45. The van der Waals surface area contributed by atoms with E-state index in [1.807, 2.05) is 4.98 Å². The van der Waals surface area contributed by atoms with Crippen LogP contribution in [0.2, 0.25) is 0 Å². The van der Waals surface area contributed by atoms with E-state index >= 15 is 0 Å². The fraction of sp³-hybridized carbons (Fsp3) is 0.222. The maximum absolute atomic E-state index is 12.4. The number of alkyl halides is 3. The highest BCUT2D eigenvalue weighted by molar-refractivity contribution is 5.51. The number of H-pyrrole nitrogens is 1. The molecule has 0 saturated carbocycles. The zero-order valence-corrected chi connectivity index (χ0v) is 7.88. The molecule has 4 nitrogen and oxygen atoms in total. The normalized spacial score (nSPS) is 11.6. The van der Waals surface area contributed by atoms with Crippen molar-refractivity contribution in [3.8, 4) is 6.07 Å². The number of aromatic nitrogens is 2. The van der Waals surface area contributed by atoms with E-state index in [0.29, 0.717) is 6.33 Å². The molecule has 0 aliphatic heterocycles. The van der Waals surface area contributed by atoms with Crippen LogP contribution in [0.25, 0.3) is 6.08 Å². The smallest absolute Gasteiger partial charge is 0.313 e. The highest BCUT2D eigenvalue weighted by atomic mass is 19.4. The Morgan fingerprint density at radius 2 is 2.25 bits per heavy atom. The molecule has 0 amide bonds. The van der Waals surface area contributed by atoms with Gasteiger partial charge in [-0.2, -0.15) is 18.4 Å². The van der Waals surface area contributed by atoms with Gasteiger partial charge in [-0.05, 0) is 0 Å². The summed E-state index contributed by atoms with van der Waals surface area (Å²) in [5.74, 6) is 0. The third-order valence-corrected chi connectivity index (χ3v) is 1.65. The molecule has 1 aromatic rings. The van der Waals surface area contributed by atoms with Crippen molar-refractivity contribution in [2.45, 2.75) is 12.6 Å². The molecule has 0 aliphatic carbocycles. The molecular weight excluding hydrogens is 223 g/mol. The minimum atomic E-state index is -4.69. The summed E-state index contributed by atoms with van der Waals surface area (Å²) in [4.78, 5) is 16.3. The van der Waals surface area contributed by atoms with Gasteiger partial charge in [0.2, 0.25) is 0 Å². The molecule has 0 fully saturated rings. The molecule has 0 unspecified atom stereocenters. The van der Waals surface area contributed by atoms with E-state index in [1.54, 1.807) is 6.07 Å². The molecule has 0 radical (unpaired) electrons. The molecule has 1 N–H and O–H groups in total. The summed E-state index contributed by atoms with van der Waals surface area (Å²) in [7, 11) is 0. The Bertz CT molecular complexity index is 496. The number of hydrogen-bond donors (Lipinski definition) is 1. The van der Waals surface area contributed by atoms with Crippen LogP contribution in [0.15, 0.2) is 17.2 Å². The lowest BCUT2D eigenvalue weighted by Crippen LogP contribution is -2.20. The summed E-state index contributed by atoms with van der Waals surface area (Å²) in [6.45, 7) is 0. The molecule has 1 aromatic heterocycles. The largest absolute Gasteiger partial charge is 0.434 e. The van der Waals surface area contributed by atoms with Gasteiger partial charge in [0.05, 0.1) is 24.4 Å². The van der Waals surface area contributed by atoms with Crippen LogP contribution >= 0.6 is 0 Å². The number of rotatable bonds is 2. The van der Waals surface area contributed by atoms with E-state index in [9.17, 15) is 18.0 Å². The van der Waals surface area contributed by atoms with Gasteiger partial charge in [0, 0.05) is 0 Å². The Labute approximate surface area is 88.1 Å². The quantitative estimate of drug-likeness (QED) is 0.839. The van der Waals surface area contributed by atoms with Crippen LogP contribution in [-0.2, 0) is 6.18 Å². The number of hydrogen-bond acceptors (Lipinski definition) is 3. The Morgan fingerprint density at radius 3 is 2.81 bits per heavy atom. The van der Waals surface area contributed by atoms with E-state index in [4.69, 9.17) is 5.26 Å². The fourth-order valence-electron chi connectivity index (χ4n) is 1.02. The Hall–Kier alpha value is -2.10. The zero-order chi connectivity index (χ0) is 12.2. The lowest BCUT2D eigenvalue weighted by atomic mass is 10.2. The van der Waals surface area contributed by atoms with E-state index in [2.05, 4.69) is 4.98 Å². The van der Waals surface area contributed by atoms with Crippen LogP contribution in [-0.4, -0.2) is 9.97 Å². The third-order valence-electron chi connectivity index (χ3n) is 1.65. The average molecular weight is 229 g/mol. The predicted octanol–water partition coefficient (Wildman–Crippen LogP) is 1.72. The first kappa shape index (κ1) is 12.0. The molecule has 1 rings (SSSR count). The van der Waals surface area contributed by atoms with Gasteiger partial charge in [-0.15, -0.1) is 0 Å². The molecule has 0 bridgehead atoms. The van der Waals surface area contributed by atoms with Crippen molar-refractivity contribution in [2.75, 3.05) is 0 Å². The first-order valence-electron chi connectivity index (χ1n) is 4.15. The second-order valence-corrected chi connectivity index (χ2v) is 2.76. The first-order valence-corrected chi connectivity index (χ1v) is 4.15. The second kappa shape index (κ2) is 4.61. The Balaban J connectivity index is 3.26. The predicted molar refractivity (Wildman–Crippen MR) is 49.1 cm³/mol. The number of halogens is 3. The average Bonchev–Trinajstić information content (AvgIpc) is 2.19. The van der Waals surface area contributed by atoms with Crippen molar-refractivity contribution in [1.82, 2.24) is 9.97 Å². The third kappa shape index (κ3) is 2.70. The number of aromatic amines is 1. The highest BCUT2D eigenvalue weighted by Crippen LogP contribution is 2.29. The number of nitrogens with one attached hydrogen (secondary N) is 1. The molecule has 1 heterocycles. The fourth-order valence-corrected chi connectivity index (χ4v) is 1.02. The van der Waals surface area contributed by atoms with Gasteiger partial charge >= 0.3 is 6.18 Å². The van der Waals surface area contributed by atoms with Gasteiger partial charge in [0.1, 0.15) is 0 Å². The summed E-state index contributed by atoms with van der Waals surface area (Å²) in [5, 5.41) is 8.22. The van der Waals surface area contributed by atoms with Crippen LogP contribution in [0.1, 0.15) is 17.7 Å². The van der Waals surface area contributed by atoms with Gasteiger partial charge in [0.15, 0.2) is 5.69 Å². The van der Waals surface area contributed by atoms with Crippen LogP contribution in [0, 0.1) is 11.3 Å². The lowest BCUT2D eigenvalue weighted by molar-refractivity contribution is -0.141. The first-order chi connectivity index (χ1) is 7.46. The monoisotopic (exact) mass is 229 g/mol. The van der Waals surface area contributed by atoms with E-state index < -0.39 is 23.0 Å². The standard InChI is InChI=1S/C9H6F3N3O/c10-9(11,12)7-6(3-1-2-4-13)8(16)15-5-14-7/h1,3,5H,2H2,(H,14,15,16). The van der Waals surface area contributed by atoms with Crippen LogP contribution in [0.4, 0.5) is 13.2 Å². The van der Waals surface area contributed by atoms with E-state index in [-0.39, 0.29) is 6.42 Å². The second-order valence-electron chi connectivity index (χ2n) is 2.76. The molecule has 84 valence electrons. The molecule has 16 heavy (non-hydrogen) atoms. The molecular formula is C9H6F3N3O. The van der Waals surface area contributed by atoms with Crippen LogP contribution in [0.5, 0.6) is 0 Å². The van der Waals surface area contributed by atoms with Gasteiger partial charge in [-0.3, -0.25) is 4.79 Å². The van der Waals surface area contributed by atoms with Crippen molar-refractivity contribution in [2.24, 2.45) is 0 Å². The van der Waals surface area contributed by atoms with Gasteiger partial charge < -0.3 is 4.98 Å². The summed E-state index contributed by atoms with van der Waals surface area (Å²) in [5.41, 5.74) is -2.74. The summed E-state index contributed by atoms with van der Waals surface area (Å²) in [6.07, 6.45) is -1.97. The molecule has 0 aliphatic rings. The van der Waals surface area contributed by atoms with Crippen LogP contribution < -0.4 is 5.56 Å². The van der Waals surface area contributed by atoms with Crippen molar-refractivity contribution >= 4 is 6.08 Å².